The lowest BCUT2D eigenvalue weighted by Crippen LogP contribution is -2.42. The van der Waals surface area contributed by atoms with E-state index in [9.17, 15) is 14.7 Å². The summed E-state index contributed by atoms with van der Waals surface area (Å²) in [6, 6.07) is 11.6. The molecule has 1 N–H and O–H groups in total. The number of morpholine rings is 1. The molecule has 3 heterocycles. The molecule has 3 aliphatic heterocycles. The summed E-state index contributed by atoms with van der Waals surface area (Å²) in [6.45, 7) is 6.98. The predicted molar refractivity (Wildman–Crippen MR) is 131 cm³/mol. The third kappa shape index (κ3) is 4.76. The number of aliphatic hydroxyl groups excluding tert-OH is 1. The van der Waals surface area contributed by atoms with Crippen molar-refractivity contribution in [3.8, 4) is 17.2 Å². The summed E-state index contributed by atoms with van der Waals surface area (Å²) < 4.78 is 22.3. The highest BCUT2D eigenvalue weighted by Crippen LogP contribution is 2.41. The zero-order valence-electron chi connectivity index (χ0n) is 20.3. The van der Waals surface area contributed by atoms with Crippen LogP contribution in [-0.4, -0.2) is 85.8 Å². The molecule has 1 unspecified atom stereocenters. The molecule has 0 saturated carbocycles. The number of carbonyl (C=O) groups is 2. The summed E-state index contributed by atoms with van der Waals surface area (Å²) in [6.07, 6.45) is 0. The highest BCUT2D eigenvalue weighted by molar-refractivity contribution is 6.46. The van der Waals surface area contributed by atoms with Crippen LogP contribution in [0.3, 0.4) is 0 Å². The molecule has 2 saturated heterocycles. The second-order valence-electron chi connectivity index (χ2n) is 8.81. The molecule has 0 aliphatic carbocycles. The first-order chi connectivity index (χ1) is 17.6. The molecule has 0 radical (unpaired) electrons. The van der Waals surface area contributed by atoms with E-state index in [0.717, 1.165) is 13.1 Å². The molecule has 0 aromatic heterocycles. The Morgan fingerprint density at radius 2 is 1.78 bits per heavy atom. The van der Waals surface area contributed by atoms with Crippen molar-refractivity contribution in [2.24, 2.45) is 0 Å². The van der Waals surface area contributed by atoms with Gasteiger partial charge in [-0.05, 0) is 42.8 Å². The van der Waals surface area contributed by atoms with Crippen molar-refractivity contribution in [1.82, 2.24) is 9.80 Å². The number of benzene rings is 2. The minimum Gasteiger partial charge on any atom is -0.507 e. The van der Waals surface area contributed by atoms with E-state index in [1.54, 1.807) is 23.1 Å². The molecule has 2 aromatic rings. The molecule has 5 rings (SSSR count). The van der Waals surface area contributed by atoms with Crippen molar-refractivity contribution in [2.45, 2.75) is 13.0 Å². The van der Waals surface area contributed by atoms with Gasteiger partial charge in [0.1, 0.15) is 24.7 Å². The van der Waals surface area contributed by atoms with E-state index in [4.69, 9.17) is 18.9 Å². The van der Waals surface area contributed by atoms with Crippen LogP contribution in [-0.2, 0) is 14.3 Å². The number of carbonyl (C=O) groups excluding carboxylic acids is 2. The van der Waals surface area contributed by atoms with E-state index in [1.165, 1.54) is 0 Å². The lowest BCUT2D eigenvalue weighted by molar-refractivity contribution is -0.140. The van der Waals surface area contributed by atoms with Gasteiger partial charge in [-0.15, -0.1) is 0 Å². The fourth-order valence-corrected chi connectivity index (χ4v) is 4.82. The Morgan fingerprint density at radius 1 is 1.00 bits per heavy atom. The first kappa shape index (κ1) is 24.1. The van der Waals surface area contributed by atoms with Crippen LogP contribution in [0.2, 0.25) is 0 Å². The molecular formula is C27H30N2O7. The van der Waals surface area contributed by atoms with Crippen molar-refractivity contribution < 1.29 is 33.6 Å². The minimum absolute atomic E-state index is 0.0484. The minimum atomic E-state index is -0.750. The number of rotatable bonds is 7. The summed E-state index contributed by atoms with van der Waals surface area (Å²) in [5.41, 5.74) is 1.13. The highest BCUT2D eigenvalue weighted by Gasteiger charge is 2.46. The maximum atomic E-state index is 13.3. The predicted octanol–water partition coefficient (Wildman–Crippen LogP) is 2.61. The number of hydrogen-bond acceptors (Lipinski definition) is 8. The molecule has 9 nitrogen and oxygen atoms in total. The van der Waals surface area contributed by atoms with Gasteiger partial charge >= 0.3 is 0 Å². The number of aliphatic hydroxyl groups is 1. The van der Waals surface area contributed by atoms with Crippen molar-refractivity contribution in [1.29, 1.82) is 0 Å². The quantitative estimate of drug-likeness (QED) is 0.357. The van der Waals surface area contributed by atoms with E-state index >= 15 is 0 Å². The Morgan fingerprint density at radius 3 is 2.56 bits per heavy atom. The Labute approximate surface area is 209 Å². The van der Waals surface area contributed by atoms with Crippen molar-refractivity contribution in [3.63, 3.8) is 0 Å². The summed E-state index contributed by atoms with van der Waals surface area (Å²) in [5, 5.41) is 11.4. The van der Waals surface area contributed by atoms with Gasteiger partial charge in [-0.3, -0.25) is 14.5 Å². The van der Waals surface area contributed by atoms with Crippen LogP contribution in [0, 0.1) is 0 Å². The Balaban J connectivity index is 1.54. The van der Waals surface area contributed by atoms with Crippen LogP contribution in [0.15, 0.2) is 48.0 Å². The number of likely N-dealkylation sites (tertiary alicyclic amines) is 1. The topological polar surface area (TPSA) is 97.8 Å². The molecule has 36 heavy (non-hydrogen) atoms. The van der Waals surface area contributed by atoms with Crippen LogP contribution >= 0.6 is 0 Å². The van der Waals surface area contributed by atoms with Crippen LogP contribution in [0.1, 0.15) is 24.1 Å². The summed E-state index contributed by atoms with van der Waals surface area (Å²) in [4.78, 5) is 30.4. The number of ether oxygens (including phenoxy) is 4. The summed E-state index contributed by atoms with van der Waals surface area (Å²) in [7, 11) is 0. The van der Waals surface area contributed by atoms with Gasteiger partial charge in [0.25, 0.3) is 11.7 Å². The first-order valence-electron chi connectivity index (χ1n) is 12.3. The summed E-state index contributed by atoms with van der Waals surface area (Å²) >= 11 is 0. The molecule has 0 bridgehead atoms. The molecule has 2 fully saturated rings. The third-order valence-corrected chi connectivity index (χ3v) is 6.60. The van der Waals surface area contributed by atoms with Crippen LogP contribution in [0.4, 0.5) is 0 Å². The van der Waals surface area contributed by atoms with E-state index < -0.39 is 17.7 Å². The van der Waals surface area contributed by atoms with Gasteiger partial charge in [-0.1, -0.05) is 12.1 Å². The normalized spacial score (nSPS) is 21.6. The molecular weight excluding hydrogens is 464 g/mol. The largest absolute Gasteiger partial charge is 0.507 e. The van der Waals surface area contributed by atoms with Gasteiger partial charge in [0, 0.05) is 31.7 Å². The number of Topliss-reactive ketones (excluding diaryl/α,β-unsaturated/α-hetero) is 1. The summed E-state index contributed by atoms with van der Waals surface area (Å²) in [5.74, 6) is 0.107. The Kier molecular flexibility index (Phi) is 7.11. The molecule has 2 aromatic carbocycles. The number of ketones is 1. The molecule has 0 spiro atoms. The highest BCUT2D eigenvalue weighted by atomic mass is 16.6. The third-order valence-electron chi connectivity index (χ3n) is 6.60. The van der Waals surface area contributed by atoms with E-state index in [1.807, 2.05) is 31.2 Å². The second kappa shape index (κ2) is 10.6. The molecule has 1 amide bonds. The van der Waals surface area contributed by atoms with E-state index in [2.05, 4.69) is 4.90 Å². The van der Waals surface area contributed by atoms with Crippen LogP contribution < -0.4 is 14.2 Å². The number of amides is 1. The van der Waals surface area contributed by atoms with Gasteiger partial charge in [-0.2, -0.15) is 0 Å². The average molecular weight is 495 g/mol. The van der Waals surface area contributed by atoms with E-state index in [0.29, 0.717) is 74.5 Å². The fraction of sp³-hybridized carbons (Fsp3) is 0.407. The zero-order valence-corrected chi connectivity index (χ0v) is 20.3. The van der Waals surface area contributed by atoms with Crippen LogP contribution in [0.25, 0.3) is 5.76 Å². The SMILES string of the molecule is CCOc1cccc(C2/C(=C(/O)c3ccc4c(c3)OCCO4)C(=O)C(=O)N2CCN2CCOCC2)c1. The second-order valence-corrected chi connectivity index (χ2v) is 8.81. The Hall–Kier alpha value is -3.56. The van der Waals surface area contributed by atoms with Crippen molar-refractivity contribution in [2.75, 3.05) is 59.2 Å². The first-order valence-corrected chi connectivity index (χ1v) is 12.3. The maximum absolute atomic E-state index is 13.3. The zero-order chi connectivity index (χ0) is 25.1. The lowest BCUT2D eigenvalue weighted by atomic mass is 9.95. The fourth-order valence-electron chi connectivity index (χ4n) is 4.82. The van der Waals surface area contributed by atoms with Gasteiger partial charge in [0.2, 0.25) is 0 Å². The monoisotopic (exact) mass is 494 g/mol. The Bertz CT molecular complexity index is 1170. The van der Waals surface area contributed by atoms with E-state index in [-0.39, 0.29) is 11.3 Å². The number of nitrogens with zero attached hydrogens (tertiary/aromatic N) is 2. The molecule has 190 valence electrons. The standard InChI is InChI=1S/C27H30N2O7/c1-2-34-20-5-3-4-18(16-20)24-23(25(30)19-6-7-21-22(17-19)36-15-14-35-21)26(31)27(32)29(24)9-8-28-10-12-33-13-11-28/h3-7,16-17,24,30H,2,8-15H2,1H3/b25-23-. The maximum Gasteiger partial charge on any atom is 0.295 e. The molecule has 9 heteroatoms. The average Bonchev–Trinajstić information content (AvgIpc) is 3.17. The number of hydrogen-bond donors (Lipinski definition) is 1. The van der Waals surface area contributed by atoms with Gasteiger partial charge in [-0.25, -0.2) is 0 Å². The van der Waals surface area contributed by atoms with Crippen molar-refractivity contribution in [3.05, 3.63) is 59.2 Å². The lowest BCUT2D eigenvalue weighted by Gasteiger charge is -2.31. The van der Waals surface area contributed by atoms with Crippen molar-refractivity contribution >= 4 is 17.4 Å². The van der Waals surface area contributed by atoms with Gasteiger partial charge in [0.05, 0.1) is 31.4 Å². The van der Waals surface area contributed by atoms with Gasteiger partial charge < -0.3 is 29.0 Å². The molecule has 1 atom stereocenters. The smallest absolute Gasteiger partial charge is 0.295 e. The number of fused-ring (bicyclic) bond motifs is 1. The van der Waals surface area contributed by atoms with Crippen LogP contribution in [0.5, 0.6) is 17.2 Å². The van der Waals surface area contributed by atoms with Gasteiger partial charge in [0.15, 0.2) is 11.5 Å². The molecule has 3 aliphatic rings.